The predicted molar refractivity (Wildman–Crippen MR) is 85.1 cm³/mol. The molecule has 0 radical (unpaired) electrons. The number of carbonyl (C=O) groups is 1. The zero-order valence-electron chi connectivity index (χ0n) is 13.8. The number of carbonyl (C=O) groups excluding carboxylic acids is 1. The number of nitrogens with zero attached hydrogens (tertiary/aromatic N) is 2. The average molecular weight is 296 g/mol. The first-order chi connectivity index (χ1) is 10.1. The van der Waals surface area contributed by atoms with Crippen LogP contribution in [0.25, 0.3) is 0 Å². The van der Waals surface area contributed by atoms with Crippen molar-refractivity contribution in [1.29, 1.82) is 0 Å². The van der Waals surface area contributed by atoms with Gasteiger partial charge in [-0.3, -0.25) is 9.69 Å². The van der Waals surface area contributed by atoms with Gasteiger partial charge in [0.25, 0.3) is 0 Å². The highest BCUT2D eigenvalue weighted by molar-refractivity contribution is 5.78. The second-order valence-electron chi connectivity index (χ2n) is 6.83. The van der Waals surface area contributed by atoms with Crippen LogP contribution in [0.5, 0.6) is 0 Å². The van der Waals surface area contributed by atoms with Crippen LogP contribution < -0.4 is 0 Å². The Labute approximate surface area is 129 Å². The molecule has 1 N–H and O–H groups in total. The quantitative estimate of drug-likeness (QED) is 0.846. The number of aliphatic hydroxyl groups is 1. The minimum absolute atomic E-state index is 0.211. The van der Waals surface area contributed by atoms with Crippen LogP contribution in [0.3, 0.4) is 0 Å². The third-order valence-electron chi connectivity index (χ3n) is 5.35. The van der Waals surface area contributed by atoms with E-state index < -0.39 is 0 Å². The highest BCUT2D eigenvalue weighted by Crippen LogP contribution is 2.24. The molecular formula is C17H32N2O2. The van der Waals surface area contributed by atoms with E-state index in [0.717, 1.165) is 32.5 Å². The Bertz CT molecular complexity index is 319. The van der Waals surface area contributed by atoms with Crippen LogP contribution in [0.15, 0.2) is 0 Å². The average Bonchev–Trinajstić information content (AvgIpc) is 2.49. The van der Waals surface area contributed by atoms with Crippen molar-refractivity contribution in [3.8, 4) is 0 Å². The monoisotopic (exact) mass is 296 g/mol. The zero-order valence-corrected chi connectivity index (χ0v) is 13.8. The standard InChI is InChI=1S/C17H32N2O2/c1-3-19(16-7-5-4-6-8-16)17(21)13-18-11-9-15(10-12-18)14(2)20/h14-16,20H,3-13H2,1-2H3. The molecule has 1 aliphatic carbocycles. The van der Waals surface area contributed by atoms with Gasteiger partial charge in [-0.25, -0.2) is 0 Å². The molecule has 21 heavy (non-hydrogen) atoms. The third kappa shape index (κ3) is 4.68. The molecule has 0 aromatic carbocycles. The maximum Gasteiger partial charge on any atom is 0.236 e. The van der Waals surface area contributed by atoms with E-state index in [4.69, 9.17) is 0 Å². The Hall–Kier alpha value is -0.610. The van der Waals surface area contributed by atoms with Crippen LogP contribution in [0.1, 0.15) is 58.8 Å². The number of likely N-dealkylation sites (N-methyl/N-ethyl adjacent to an activating group) is 1. The van der Waals surface area contributed by atoms with Gasteiger partial charge in [0.05, 0.1) is 12.6 Å². The molecule has 1 amide bonds. The van der Waals surface area contributed by atoms with E-state index in [0.29, 0.717) is 24.4 Å². The fourth-order valence-corrected chi connectivity index (χ4v) is 3.91. The van der Waals surface area contributed by atoms with E-state index in [1.54, 1.807) is 0 Å². The van der Waals surface area contributed by atoms with E-state index in [1.807, 2.05) is 6.92 Å². The number of aliphatic hydroxyl groups excluding tert-OH is 1. The van der Waals surface area contributed by atoms with Gasteiger partial charge in [0.15, 0.2) is 0 Å². The van der Waals surface area contributed by atoms with Crippen molar-refractivity contribution in [3.63, 3.8) is 0 Å². The molecule has 4 nitrogen and oxygen atoms in total. The number of hydrogen-bond donors (Lipinski definition) is 1. The molecule has 122 valence electrons. The summed E-state index contributed by atoms with van der Waals surface area (Å²) >= 11 is 0. The number of piperidine rings is 1. The zero-order chi connectivity index (χ0) is 15.2. The molecule has 1 aliphatic heterocycles. The molecule has 1 unspecified atom stereocenters. The van der Waals surface area contributed by atoms with Gasteiger partial charge in [-0.2, -0.15) is 0 Å². The molecule has 0 bridgehead atoms. The van der Waals surface area contributed by atoms with Gasteiger partial charge in [0.2, 0.25) is 5.91 Å². The first-order valence-corrected chi connectivity index (χ1v) is 8.81. The highest BCUT2D eigenvalue weighted by atomic mass is 16.3. The van der Waals surface area contributed by atoms with Crippen molar-refractivity contribution < 1.29 is 9.90 Å². The molecule has 1 saturated heterocycles. The molecule has 2 aliphatic rings. The summed E-state index contributed by atoms with van der Waals surface area (Å²) in [7, 11) is 0. The van der Waals surface area contributed by atoms with Crippen LogP contribution >= 0.6 is 0 Å². The predicted octanol–water partition coefficient (Wildman–Crippen LogP) is 2.26. The minimum atomic E-state index is -0.211. The van der Waals surface area contributed by atoms with Gasteiger partial charge in [-0.15, -0.1) is 0 Å². The Morgan fingerprint density at radius 1 is 1.19 bits per heavy atom. The summed E-state index contributed by atoms with van der Waals surface area (Å²) in [6, 6.07) is 0.478. The number of hydrogen-bond acceptors (Lipinski definition) is 3. The van der Waals surface area contributed by atoms with Crippen molar-refractivity contribution in [1.82, 2.24) is 9.80 Å². The number of likely N-dealkylation sites (tertiary alicyclic amines) is 1. The summed E-state index contributed by atoms with van der Waals surface area (Å²) < 4.78 is 0. The van der Waals surface area contributed by atoms with Crippen molar-refractivity contribution >= 4 is 5.91 Å². The minimum Gasteiger partial charge on any atom is -0.393 e. The number of rotatable bonds is 5. The Kier molecular flexibility index (Phi) is 6.49. The van der Waals surface area contributed by atoms with Gasteiger partial charge in [-0.1, -0.05) is 19.3 Å². The first kappa shape index (κ1) is 16.8. The molecule has 0 spiro atoms. The van der Waals surface area contributed by atoms with Crippen LogP contribution in [0.4, 0.5) is 0 Å². The molecule has 1 heterocycles. The lowest BCUT2D eigenvalue weighted by molar-refractivity contribution is -0.135. The second-order valence-corrected chi connectivity index (χ2v) is 6.83. The summed E-state index contributed by atoms with van der Waals surface area (Å²) in [5.74, 6) is 0.719. The lowest BCUT2D eigenvalue weighted by Crippen LogP contribution is -2.48. The lowest BCUT2D eigenvalue weighted by Gasteiger charge is -2.37. The van der Waals surface area contributed by atoms with E-state index in [2.05, 4.69) is 16.7 Å². The smallest absolute Gasteiger partial charge is 0.236 e. The molecule has 1 atom stereocenters. The van der Waals surface area contributed by atoms with E-state index in [-0.39, 0.29) is 6.10 Å². The fourth-order valence-electron chi connectivity index (χ4n) is 3.91. The molecule has 0 aromatic heterocycles. The third-order valence-corrected chi connectivity index (χ3v) is 5.35. The highest BCUT2D eigenvalue weighted by Gasteiger charge is 2.28. The normalized spacial score (nSPS) is 24.0. The van der Waals surface area contributed by atoms with Crippen LogP contribution in [0.2, 0.25) is 0 Å². The Morgan fingerprint density at radius 2 is 1.81 bits per heavy atom. The van der Waals surface area contributed by atoms with Gasteiger partial charge >= 0.3 is 0 Å². The molecule has 0 aromatic rings. The Morgan fingerprint density at radius 3 is 2.33 bits per heavy atom. The number of amides is 1. The van der Waals surface area contributed by atoms with Crippen molar-refractivity contribution in [2.45, 2.75) is 70.9 Å². The summed E-state index contributed by atoms with van der Waals surface area (Å²) in [4.78, 5) is 17.0. The lowest BCUT2D eigenvalue weighted by atomic mass is 9.92. The topological polar surface area (TPSA) is 43.8 Å². The van der Waals surface area contributed by atoms with E-state index in [1.165, 1.54) is 32.1 Å². The second kappa shape index (κ2) is 8.14. The maximum absolute atomic E-state index is 12.6. The maximum atomic E-state index is 12.6. The van der Waals surface area contributed by atoms with E-state index in [9.17, 15) is 9.90 Å². The SMILES string of the molecule is CCN(C(=O)CN1CCC(C(C)O)CC1)C1CCCCC1. The first-order valence-electron chi connectivity index (χ1n) is 8.81. The van der Waals surface area contributed by atoms with Gasteiger partial charge < -0.3 is 10.0 Å². The van der Waals surface area contributed by atoms with Crippen molar-refractivity contribution in [2.24, 2.45) is 5.92 Å². The molecule has 2 fully saturated rings. The van der Waals surface area contributed by atoms with Crippen molar-refractivity contribution in [2.75, 3.05) is 26.2 Å². The van der Waals surface area contributed by atoms with Crippen LogP contribution in [0, 0.1) is 5.92 Å². The largest absolute Gasteiger partial charge is 0.393 e. The summed E-state index contributed by atoms with van der Waals surface area (Å²) in [6.07, 6.45) is 8.06. The summed E-state index contributed by atoms with van der Waals surface area (Å²) in [5.41, 5.74) is 0. The van der Waals surface area contributed by atoms with Crippen molar-refractivity contribution in [3.05, 3.63) is 0 Å². The molecular weight excluding hydrogens is 264 g/mol. The van der Waals surface area contributed by atoms with Gasteiger partial charge in [-0.05, 0) is 58.5 Å². The fraction of sp³-hybridized carbons (Fsp3) is 0.941. The van der Waals surface area contributed by atoms with Crippen LogP contribution in [-0.2, 0) is 4.79 Å². The summed E-state index contributed by atoms with van der Waals surface area (Å²) in [5, 5.41) is 9.65. The van der Waals surface area contributed by atoms with Gasteiger partial charge in [0, 0.05) is 12.6 Å². The van der Waals surface area contributed by atoms with Gasteiger partial charge in [0.1, 0.15) is 0 Å². The Balaban J connectivity index is 1.80. The molecule has 2 rings (SSSR count). The summed E-state index contributed by atoms with van der Waals surface area (Å²) in [6.45, 7) is 7.29. The molecule has 4 heteroatoms. The molecule has 1 saturated carbocycles. The van der Waals surface area contributed by atoms with E-state index >= 15 is 0 Å². The van der Waals surface area contributed by atoms with Crippen LogP contribution in [-0.4, -0.2) is 59.1 Å².